The summed E-state index contributed by atoms with van der Waals surface area (Å²) in [5.74, 6) is 6.90. The normalized spacial score (nSPS) is 10.7. The molecule has 0 saturated heterocycles. The third-order valence-electron chi connectivity index (χ3n) is 3.00. The average Bonchev–Trinajstić information content (AvgIpc) is 3.12. The van der Waals surface area contributed by atoms with Gasteiger partial charge in [0.25, 0.3) is 0 Å². The smallest absolute Gasteiger partial charge is 0.236 e. The molecule has 7 nitrogen and oxygen atoms in total. The fourth-order valence-electron chi connectivity index (χ4n) is 1.97. The molecule has 0 bridgehead atoms. The molecule has 0 atom stereocenters. The number of imidazole rings is 1. The Balaban J connectivity index is 1.62. The van der Waals surface area contributed by atoms with Crippen molar-refractivity contribution in [3.8, 4) is 11.3 Å². The number of aryl methyl sites for hydroxylation is 1. The average molecular weight is 329 g/mol. The van der Waals surface area contributed by atoms with Crippen molar-refractivity contribution in [2.75, 3.05) is 16.9 Å². The van der Waals surface area contributed by atoms with E-state index in [-0.39, 0.29) is 11.7 Å². The van der Waals surface area contributed by atoms with Crippen molar-refractivity contribution in [3.63, 3.8) is 0 Å². The number of rotatable bonds is 5. The molecule has 0 fully saturated rings. The number of thioether (sulfide) groups is 1. The topological polar surface area (TPSA) is 99.0 Å². The summed E-state index contributed by atoms with van der Waals surface area (Å²) in [6.07, 6.45) is 1.73. The highest BCUT2D eigenvalue weighted by Crippen LogP contribution is 2.22. The summed E-state index contributed by atoms with van der Waals surface area (Å²) in [6.45, 7) is 1.76. The lowest BCUT2D eigenvalue weighted by Crippen LogP contribution is -2.15. The highest BCUT2D eigenvalue weighted by atomic mass is 32.2. The first-order chi connectivity index (χ1) is 11.1. The van der Waals surface area contributed by atoms with Crippen molar-refractivity contribution in [1.82, 2.24) is 14.8 Å². The van der Waals surface area contributed by atoms with E-state index in [0.717, 1.165) is 11.3 Å². The summed E-state index contributed by atoms with van der Waals surface area (Å²) in [5, 5.41) is 6.92. The van der Waals surface area contributed by atoms with Gasteiger partial charge < -0.3 is 15.7 Å². The number of carbonyl (C=O) groups excluding carboxylic acids is 1. The largest absolute Gasteiger partial charge is 0.360 e. The molecule has 0 aliphatic rings. The molecule has 0 spiro atoms. The molecule has 3 N–H and O–H groups in total. The molecule has 0 unspecified atom stereocenters. The molecule has 118 valence electrons. The number of amides is 1. The van der Waals surface area contributed by atoms with Crippen molar-refractivity contribution in [3.05, 3.63) is 48.4 Å². The van der Waals surface area contributed by atoms with E-state index in [2.05, 4.69) is 15.5 Å². The maximum Gasteiger partial charge on any atom is 0.236 e. The van der Waals surface area contributed by atoms with Crippen LogP contribution in [0.15, 0.2) is 52.3 Å². The summed E-state index contributed by atoms with van der Waals surface area (Å²) in [7, 11) is 0. The predicted octanol–water partition coefficient (Wildman–Crippen LogP) is 2.29. The van der Waals surface area contributed by atoms with Gasteiger partial charge in [-0.2, -0.15) is 0 Å². The van der Waals surface area contributed by atoms with E-state index >= 15 is 0 Å². The van der Waals surface area contributed by atoms with Crippen molar-refractivity contribution in [2.45, 2.75) is 12.1 Å². The van der Waals surface area contributed by atoms with E-state index in [1.807, 2.05) is 30.3 Å². The summed E-state index contributed by atoms with van der Waals surface area (Å²) in [5.41, 5.74) is 1.74. The van der Waals surface area contributed by atoms with Crippen molar-refractivity contribution >= 4 is 23.5 Å². The summed E-state index contributed by atoms with van der Waals surface area (Å²) in [4.78, 5) is 16.3. The number of nitrogen functional groups attached to an aromatic ring is 1. The molecule has 3 aromatic rings. The van der Waals surface area contributed by atoms with Gasteiger partial charge in [0.05, 0.1) is 17.6 Å². The fraction of sp³-hybridized carbons (Fsp3) is 0.133. The minimum atomic E-state index is -0.201. The van der Waals surface area contributed by atoms with E-state index < -0.39 is 0 Å². The number of nitrogens with zero attached hydrogens (tertiary/aromatic N) is 3. The SMILES string of the molecule is Cc1cc(NC(=O)CSc2nc(-c3ccccc3)cn2N)no1. The number of benzene rings is 1. The van der Waals surface area contributed by atoms with Crippen LogP contribution in [-0.4, -0.2) is 26.5 Å². The zero-order valence-corrected chi connectivity index (χ0v) is 13.2. The molecule has 2 heterocycles. The maximum atomic E-state index is 11.9. The first-order valence-corrected chi connectivity index (χ1v) is 7.86. The number of hydrogen-bond donors (Lipinski definition) is 2. The van der Waals surface area contributed by atoms with Crippen LogP contribution in [0.3, 0.4) is 0 Å². The molecule has 0 aliphatic heterocycles. The molecule has 1 amide bonds. The molecule has 0 radical (unpaired) electrons. The molecular formula is C15H15N5O2S. The summed E-state index contributed by atoms with van der Waals surface area (Å²) < 4.78 is 6.31. The van der Waals surface area contributed by atoms with Gasteiger partial charge in [0.1, 0.15) is 5.76 Å². The second kappa shape index (κ2) is 6.57. The zero-order valence-electron chi connectivity index (χ0n) is 12.4. The molecule has 1 aromatic carbocycles. The predicted molar refractivity (Wildman–Crippen MR) is 88.4 cm³/mol. The third-order valence-corrected chi connectivity index (χ3v) is 3.96. The molecule has 8 heteroatoms. The Morgan fingerprint density at radius 2 is 2.17 bits per heavy atom. The first-order valence-electron chi connectivity index (χ1n) is 6.87. The molecule has 23 heavy (non-hydrogen) atoms. The highest BCUT2D eigenvalue weighted by Gasteiger charge is 2.12. The van der Waals surface area contributed by atoms with Crippen molar-refractivity contribution in [1.29, 1.82) is 0 Å². The lowest BCUT2D eigenvalue weighted by atomic mass is 10.2. The third kappa shape index (κ3) is 3.72. The first kappa shape index (κ1) is 15.2. The van der Waals surface area contributed by atoms with Crippen LogP contribution in [0.2, 0.25) is 0 Å². The Morgan fingerprint density at radius 3 is 2.87 bits per heavy atom. The second-order valence-electron chi connectivity index (χ2n) is 4.84. The number of carbonyl (C=O) groups is 1. The second-order valence-corrected chi connectivity index (χ2v) is 5.78. The van der Waals surface area contributed by atoms with Gasteiger partial charge >= 0.3 is 0 Å². The van der Waals surface area contributed by atoms with Crippen LogP contribution in [-0.2, 0) is 4.79 Å². The van der Waals surface area contributed by atoms with Gasteiger partial charge in [-0.3, -0.25) is 4.79 Å². The van der Waals surface area contributed by atoms with E-state index in [9.17, 15) is 4.79 Å². The van der Waals surface area contributed by atoms with Crippen LogP contribution in [0.5, 0.6) is 0 Å². The quantitative estimate of drug-likeness (QED) is 0.550. The van der Waals surface area contributed by atoms with Crippen LogP contribution < -0.4 is 11.2 Å². The number of nitrogens with one attached hydrogen (secondary N) is 1. The molecule has 2 aromatic heterocycles. The summed E-state index contributed by atoms with van der Waals surface area (Å²) in [6, 6.07) is 11.4. The van der Waals surface area contributed by atoms with Crippen LogP contribution in [0, 0.1) is 6.92 Å². The highest BCUT2D eigenvalue weighted by molar-refractivity contribution is 7.99. The Hall–Kier alpha value is -2.74. The summed E-state index contributed by atoms with van der Waals surface area (Å²) >= 11 is 1.25. The van der Waals surface area contributed by atoms with Gasteiger partial charge in [-0.1, -0.05) is 47.3 Å². The molecular weight excluding hydrogens is 314 g/mol. The van der Waals surface area contributed by atoms with E-state index in [0.29, 0.717) is 16.7 Å². The lowest BCUT2D eigenvalue weighted by molar-refractivity contribution is -0.113. The Bertz CT molecular complexity index is 812. The molecule has 0 aliphatic carbocycles. The fourth-order valence-corrected chi connectivity index (χ4v) is 2.66. The Kier molecular flexibility index (Phi) is 4.33. The lowest BCUT2D eigenvalue weighted by Gasteiger charge is -2.01. The monoisotopic (exact) mass is 329 g/mol. The standard InChI is InChI=1S/C15H15N5O2S/c1-10-7-13(19-22-10)18-14(21)9-23-15-17-12(8-20(15)16)11-5-3-2-4-6-11/h2-8H,9,16H2,1H3,(H,18,19,21). The van der Waals surface area contributed by atoms with Crippen LogP contribution in [0.25, 0.3) is 11.3 Å². The molecule has 0 saturated carbocycles. The van der Waals surface area contributed by atoms with Gasteiger partial charge in [-0.05, 0) is 6.92 Å². The van der Waals surface area contributed by atoms with Gasteiger partial charge in [0, 0.05) is 11.6 Å². The van der Waals surface area contributed by atoms with Gasteiger partial charge in [-0.15, -0.1) is 0 Å². The maximum absolute atomic E-state index is 11.9. The van der Waals surface area contributed by atoms with Gasteiger partial charge in [0.15, 0.2) is 11.0 Å². The molecule has 3 rings (SSSR count). The van der Waals surface area contributed by atoms with Crippen LogP contribution in [0.4, 0.5) is 5.82 Å². The van der Waals surface area contributed by atoms with E-state index in [4.69, 9.17) is 10.4 Å². The zero-order chi connectivity index (χ0) is 16.2. The van der Waals surface area contributed by atoms with Crippen LogP contribution in [0.1, 0.15) is 5.76 Å². The van der Waals surface area contributed by atoms with Crippen molar-refractivity contribution in [2.24, 2.45) is 0 Å². The minimum absolute atomic E-state index is 0.175. The minimum Gasteiger partial charge on any atom is -0.360 e. The number of aromatic nitrogens is 3. The van der Waals surface area contributed by atoms with E-state index in [1.54, 1.807) is 19.2 Å². The number of hydrogen-bond acceptors (Lipinski definition) is 6. The van der Waals surface area contributed by atoms with E-state index in [1.165, 1.54) is 16.4 Å². The number of nitrogens with two attached hydrogens (primary N) is 1. The Labute approximate surface area is 136 Å². The van der Waals surface area contributed by atoms with Crippen molar-refractivity contribution < 1.29 is 9.32 Å². The van der Waals surface area contributed by atoms with Gasteiger partial charge in [0.2, 0.25) is 5.91 Å². The van der Waals surface area contributed by atoms with Crippen LogP contribution >= 0.6 is 11.8 Å². The number of anilines is 1. The Morgan fingerprint density at radius 1 is 1.39 bits per heavy atom. The van der Waals surface area contributed by atoms with Gasteiger partial charge in [-0.25, -0.2) is 9.66 Å².